The van der Waals surface area contributed by atoms with E-state index in [1.165, 1.54) is 0 Å². The lowest BCUT2D eigenvalue weighted by Gasteiger charge is -2.13. The van der Waals surface area contributed by atoms with Gasteiger partial charge >= 0.3 is 0 Å². The highest BCUT2D eigenvalue weighted by Gasteiger charge is 2.28. The minimum atomic E-state index is -0.359. The number of methoxy groups -OCH3 is 1. The lowest BCUT2D eigenvalue weighted by molar-refractivity contribution is 0.0953. The van der Waals surface area contributed by atoms with Crippen LogP contribution < -0.4 is 15.5 Å². The molecular weight excluding hydrogens is 478 g/mol. The average molecular weight is 508 g/mol. The zero-order valence-corrected chi connectivity index (χ0v) is 21.6. The Labute approximate surface area is 221 Å². The molecule has 7 nitrogen and oxygen atoms in total. The molecule has 4 aromatic rings. The first-order chi connectivity index (χ1) is 18.4. The smallest absolute Gasteiger partial charge is 0.291 e. The average Bonchev–Trinajstić information content (AvgIpc) is 3.29. The highest BCUT2D eigenvalue weighted by Crippen LogP contribution is 2.32. The molecule has 0 bridgehead atoms. The Morgan fingerprint density at radius 2 is 1.63 bits per heavy atom. The van der Waals surface area contributed by atoms with E-state index in [1.54, 1.807) is 19.2 Å². The summed E-state index contributed by atoms with van der Waals surface area (Å²) >= 11 is 0. The van der Waals surface area contributed by atoms with Gasteiger partial charge in [-0.1, -0.05) is 48.5 Å². The van der Waals surface area contributed by atoms with Crippen molar-refractivity contribution >= 4 is 23.2 Å². The molecule has 192 valence electrons. The van der Waals surface area contributed by atoms with Crippen molar-refractivity contribution in [2.24, 2.45) is 5.10 Å². The van der Waals surface area contributed by atoms with Gasteiger partial charge in [0, 0.05) is 23.1 Å². The van der Waals surface area contributed by atoms with Gasteiger partial charge in [0.1, 0.15) is 11.5 Å². The highest BCUT2D eigenvalue weighted by atomic mass is 16.5. The van der Waals surface area contributed by atoms with E-state index >= 15 is 0 Å². The van der Waals surface area contributed by atoms with E-state index in [-0.39, 0.29) is 17.6 Å². The number of anilines is 1. The number of ether oxygens (including phenoxy) is 1. The van der Waals surface area contributed by atoms with Gasteiger partial charge in [0.2, 0.25) is 0 Å². The van der Waals surface area contributed by atoms with E-state index in [2.05, 4.69) is 15.8 Å². The molecule has 1 aliphatic rings. The fraction of sp³-hybridized carbons (Fsp3) is 0.194. The molecule has 0 fully saturated rings. The molecule has 0 unspecified atom stereocenters. The summed E-state index contributed by atoms with van der Waals surface area (Å²) in [7, 11) is 1.56. The van der Waals surface area contributed by atoms with E-state index in [1.807, 2.05) is 74.5 Å². The number of carbonyl (C=O) groups excluding carboxylic acids is 2. The van der Waals surface area contributed by atoms with Gasteiger partial charge in [0.05, 0.1) is 18.5 Å². The van der Waals surface area contributed by atoms with E-state index in [9.17, 15) is 9.59 Å². The van der Waals surface area contributed by atoms with E-state index in [4.69, 9.17) is 9.15 Å². The Hall–Kier alpha value is -4.65. The van der Waals surface area contributed by atoms with Gasteiger partial charge in [-0.3, -0.25) is 9.59 Å². The summed E-state index contributed by atoms with van der Waals surface area (Å²) in [5.41, 5.74) is 9.09. The van der Waals surface area contributed by atoms with Gasteiger partial charge in [0.25, 0.3) is 11.8 Å². The molecule has 2 amide bonds. The standard InChI is InChI=1S/C31H29N3O4/c1-19-12-17-26(37-3)25(18-19)32-31(36)29-20(2)28-24(10-7-11-27(28)38-29)33-34-30(35)23-15-13-22(14-16-23)21-8-5-4-6-9-21/h4-6,8-9,12-18H,7,10-11H2,1-3H3,(H,32,36)(H,34,35)/b33-24+. The predicted octanol–water partition coefficient (Wildman–Crippen LogP) is 6.29. The largest absolute Gasteiger partial charge is 0.495 e. The van der Waals surface area contributed by atoms with Crippen LogP contribution in [-0.2, 0) is 6.42 Å². The Kier molecular flexibility index (Phi) is 7.09. The number of furan rings is 1. The van der Waals surface area contributed by atoms with Gasteiger partial charge in [0.15, 0.2) is 5.76 Å². The second-order valence-electron chi connectivity index (χ2n) is 9.31. The molecule has 0 radical (unpaired) electrons. The summed E-state index contributed by atoms with van der Waals surface area (Å²) in [6.07, 6.45) is 2.19. The Balaban J connectivity index is 1.34. The van der Waals surface area contributed by atoms with Crippen LogP contribution in [0.2, 0.25) is 0 Å². The molecule has 5 rings (SSSR count). The second kappa shape index (κ2) is 10.8. The number of rotatable bonds is 6. The Bertz CT molecular complexity index is 1520. The summed E-state index contributed by atoms with van der Waals surface area (Å²) in [4.78, 5) is 26.0. The first-order valence-corrected chi connectivity index (χ1v) is 12.6. The van der Waals surface area contributed by atoms with E-state index in [0.717, 1.165) is 28.7 Å². The van der Waals surface area contributed by atoms with Gasteiger partial charge in [-0.15, -0.1) is 0 Å². The molecule has 0 saturated carbocycles. The number of nitrogens with zero attached hydrogens (tertiary/aromatic N) is 1. The SMILES string of the molecule is COc1ccc(C)cc1NC(=O)c1oc2c(c1C)/C(=N/NC(=O)c1ccc(-c3ccccc3)cc1)CCC2. The van der Waals surface area contributed by atoms with Crippen molar-refractivity contribution in [1.29, 1.82) is 0 Å². The first-order valence-electron chi connectivity index (χ1n) is 12.6. The summed E-state index contributed by atoms with van der Waals surface area (Å²) < 4.78 is 11.4. The number of aryl methyl sites for hydroxylation is 2. The van der Waals surface area contributed by atoms with Crippen LogP contribution >= 0.6 is 0 Å². The number of benzene rings is 3. The molecule has 0 spiro atoms. The molecule has 1 aliphatic carbocycles. The molecule has 38 heavy (non-hydrogen) atoms. The summed E-state index contributed by atoms with van der Waals surface area (Å²) in [6, 6.07) is 23.0. The Morgan fingerprint density at radius 1 is 0.895 bits per heavy atom. The van der Waals surface area contributed by atoms with E-state index in [0.29, 0.717) is 46.9 Å². The van der Waals surface area contributed by atoms with Crippen LogP contribution in [0.1, 0.15) is 56.2 Å². The lowest BCUT2D eigenvalue weighted by Crippen LogP contribution is -2.22. The number of nitrogens with one attached hydrogen (secondary N) is 2. The van der Waals surface area contributed by atoms with Crippen molar-refractivity contribution < 1.29 is 18.7 Å². The normalized spacial score (nSPS) is 13.6. The van der Waals surface area contributed by atoms with Gasteiger partial charge in [-0.25, -0.2) is 5.43 Å². The number of amides is 2. The fourth-order valence-corrected chi connectivity index (χ4v) is 4.72. The maximum Gasteiger partial charge on any atom is 0.291 e. The van der Waals surface area contributed by atoms with Crippen LogP contribution in [0.15, 0.2) is 82.3 Å². The summed E-state index contributed by atoms with van der Waals surface area (Å²) in [5.74, 6) is 0.851. The third kappa shape index (κ3) is 5.09. The van der Waals surface area contributed by atoms with Crippen LogP contribution in [-0.4, -0.2) is 24.6 Å². The number of hydrogen-bond donors (Lipinski definition) is 2. The monoisotopic (exact) mass is 507 g/mol. The number of fused-ring (bicyclic) bond motifs is 1. The number of hydrazone groups is 1. The lowest BCUT2D eigenvalue weighted by atomic mass is 9.93. The van der Waals surface area contributed by atoms with Crippen LogP contribution in [0, 0.1) is 13.8 Å². The third-order valence-electron chi connectivity index (χ3n) is 6.68. The van der Waals surface area contributed by atoms with Crippen molar-refractivity contribution in [3.63, 3.8) is 0 Å². The zero-order chi connectivity index (χ0) is 26.6. The minimum absolute atomic E-state index is 0.232. The summed E-state index contributed by atoms with van der Waals surface area (Å²) in [6.45, 7) is 3.79. The highest BCUT2D eigenvalue weighted by molar-refractivity contribution is 6.10. The van der Waals surface area contributed by atoms with Crippen molar-refractivity contribution in [1.82, 2.24) is 5.43 Å². The van der Waals surface area contributed by atoms with E-state index < -0.39 is 0 Å². The maximum absolute atomic E-state index is 13.1. The fourth-order valence-electron chi connectivity index (χ4n) is 4.72. The van der Waals surface area contributed by atoms with Gasteiger partial charge < -0.3 is 14.5 Å². The molecule has 0 saturated heterocycles. The second-order valence-corrected chi connectivity index (χ2v) is 9.31. The topological polar surface area (TPSA) is 92.9 Å². The van der Waals surface area contributed by atoms with Crippen LogP contribution in [0.25, 0.3) is 11.1 Å². The molecule has 7 heteroatoms. The van der Waals surface area contributed by atoms with Gasteiger partial charge in [-0.2, -0.15) is 5.10 Å². The third-order valence-corrected chi connectivity index (χ3v) is 6.68. The molecule has 0 aliphatic heterocycles. The van der Waals surface area contributed by atoms with Crippen molar-refractivity contribution in [3.8, 4) is 16.9 Å². The quantitative estimate of drug-likeness (QED) is 0.300. The molecular formula is C31H29N3O4. The summed E-state index contributed by atoms with van der Waals surface area (Å²) in [5, 5.41) is 7.35. The number of hydrogen-bond acceptors (Lipinski definition) is 5. The molecule has 3 aromatic carbocycles. The van der Waals surface area contributed by atoms with Crippen molar-refractivity contribution in [3.05, 3.63) is 107 Å². The van der Waals surface area contributed by atoms with Gasteiger partial charge in [-0.05, 0) is 67.6 Å². The van der Waals surface area contributed by atoms with Crippen molar-refractivity contribution in [2.75, 3.05) is 12.4 Å². The molecule has 0 atom stereocenters. The van der Waals surface area contributed by atoms with Crippen LogP contribution in [0.3, 0.4) is 0 Å². The predicted molar refractivity (Wildman–Crippen MR) is 148 cm³/mol. The molecule has 2 N–H and O–H groups in total. The molecule has 1 aromatic heterocycles. The first kappa shape index (κ1) is 25.0. The van der Waals surface area contributed by atoms with Crippen molar-refractivity contribution in [2.45, 2.75) is 33.1 Å². The van der Waals surface area contributed by atoms with Crippen LogP contribution in [0.5, 0.6) is 5.75 Å². The van der Waals surface area contributed by atoms with Crippen LogP contribution in [0.4, 0.5) is 5.69 Å². The number of carbonyl (C=O) groups is 2. The molecule has 1 heterocycles. The zero-order valence-electron chi connectivity index (χ0n) is 21.6. The Morgan fingerprint density at radius 3 is 2.37 bits per heavy atom. The minimum Gasteiger partial charge on any atom is -0.495 e. The maximum atomic E-state index is 13.1.